The molecular formula is C24H29FN4O. The maximum Gasteiger partial charge on any atom is 0.180 e. The van der Waals surface area contributed by atoms with E-state index in [1.54, 1.807) is 12.1 Å². The molecule has 1 N–H and O–H groups in total. The van der Waals surface area contributed by atoms with Crippen molar-refractivity contribution in [3.8, 4) is 0 Å². The molecule has 5 rings (SSSR count). The van der Waals surface area contributed by atoms with Crippen molar-refractivity contribution in [1.29, 1.82) is 0 Å². The van der Waals surface area contributed by atoms with Gasteiger partial charge in [0.15, 0.2) is 11.4 Å². The van der Waals surface area contributed by atoms with E-state index in [-0.39, 0.29) is 11.2 Å². The van der Waals surface area contributed by atoms with Gasteiger partial charge < -0.3 is 14.7 Å². The van der Waals surface area contributed by atoms with Gasteiger partial charge in [0, 0.05) is 45.0 Å². The number of nitrogens with one attached hydrogen (secondary N) is 1. The molecule has 3 heterocycles. The summed E-state index contributed by atoms with van der Waals surface area (Å²) in [6.07, 6.45) is 1.89. The van der Waals surface area contributed by atoms with E-state index in [9.17, 15) is 4.39 Å². The average Bonchev–Trinajstić information content (AvgIpc) is 3.17. The molecule has 3 aromatic rings. The highest BCUT2D eigenvalue weighted by molar-refractivity contribution is 5.88. The number of hydrogen-bond acceptors (Lipinski definition) is 5. The zero-order valence-electron chi connectivity index (χ0n) is 17.7. The molecule has 158 valence electrons. The van der Waals surface area contributed by atoms with Gasteiger partial charge in [-0.2, -0.15) is 0 Å². The van der Waals surface area contributed by atoms with E-state index in [0.29, 0.717) is 0 Å². The summed E-state index contributed by atoms with van der Waals surface area (Å²) in [4.78, 5) is 4.76. The van der Waals surface area contributed by atoms with Gasteiger partial charge in [-0.25, -0.2) is 4.39 Å². The second-order valence-electron chi connectivity index (χ2n) is 9.13. The number of fused-ring (bicyclic) bond motifs is 2. The fraction of sp³-hybridized carbons (Fsp3) is 0.458. The van der Waals surface area contributed by atoms with Gasteiger partial charge in [-0.05, 0) is 53.6 Å². The Hall–Kier alpha value is -2.60. The first-order valence-corrected chi connectivity index (χ1v) is 10.9. The van der Waals surface area contributed by atoms with Crippen molar-refractivity contribution < 1.29 is 8.91 Å². The fourth-order valence-electron chi connectivity index (χ4n) is 4.80. The van der Waals surface area contributed by atoms with E-state index >= 15 is 0 Å². The number of aromatic nitrogens is 1. The number of anilines is 2. The Balaban J connectivity index is 1.24. The van der Waals surface area contributed by atoms with Gasteiger partial charge >= 0.3 is 0 Å². The van der Waals surface area contributed by atoms with Crippen LogP contribution in [-0.2, 0) is 11.8 Å². The van der Waals surface area contributed by atoms with Crippen molar-refractivity contribution in [3.63, 3.8) is 0 Å². The van der Waals surface area contributed by atoms with Gasteiger partial charge in [-0.3, -0.25) is 4.90 Å². The summed E-state index contributed by atoms with van der Waals surface area (Å²) in [6.45, 7) is 10.1. The van der Waals surface area contributed by atoms with E-state index in [0.717, 1.165) is 85.7 Å². The zero-order valence-corrected chi connectivity index (χ0v) is 17.7. The summed E-state index contributed by atoms with van der Waals surface area (Å²) in [5, 5.41) is 8.90. The van der Waals surface area contributed by atoms with Crippen LogP contribution < -0.4 is 10.2 Å². The van der Waals surface area contributed by atoms with Crippen LogP contribution in [-0.4, -0.2) is 49.3 Å². The summed E-state index contributed by atoms with van der Waals surface area (Å²) in [6, 6.07) is 11.4. The minimum atomic E-state index is -0.122. The topological polar surface area (TPSA) is 44.5 Å². The average molecular weight is 409 g/mol. The highest BCUT2D eigenvalue weighted by Gasteiger charge is 2.30. The minimum absolute atomic E-state index is 0.0173. The Morgan fingerprint density at radius 3 is 2.77 bits per heavy atom. The van der Waals surface area contributed by atoms with Crippen LogP contribution in [0.3, 0.4) is 0 Å². The van der Waals surface area contributed by atoms with Crippen LogP contribution in [0.25, 0.3) is 11.0 Å². The Morgan fingerprint density at radius 1 is 1.13 bits per heavy atom. The van der Waals surface area contributed by atoms with E-state index in [1.165, 1.54) is 0 Å². The molecule has 30 heavy (non-hydrogen) atoms. The Bertz CT molecular complexity index is 1050. The third-order valence-corrected chi connectivity index (χ3v) is 6.69. The van der Waals surface area contributed by atoms with Crippen molar-refractivity contribution in [2.45, 2.75) is 32.1 Å². The molecule has 1 saturated heterocycles. The molecule has 0 atom stereocenters. The lowest BCUT2D eigenvalue weighted by atomic mass is 9.77. The van der Waals surface area contributed by atoms with Crippen LogP contribution in [0.4, 0.5) is 15.9 Å². The smallest absolute Gasteiger partial charge is 0.180 e. The molecule has 0 radical (unpaired) electrons. The highest BCUT2D eigenvalue weighted by Crippen LogP contribution is 2.39. The van der Waals surface area contributed by atoms with Crippen LogP contribution in [0.5, 0.6) is 0 Å². The van der Waals surface area contributed by atoms with Crippen LogP contribution in [0.15, 0.2) is 40.9 Å². The lowest BCUT2D eigenvalue weighted by molar-refractivity contribution is 0.259. The number of benzene rings is 2. The quantitative estimate of drug-likeness (QED) is 0.692. The number of nitrogens with zero attached hydrogens (tertiary/aromatic N) is 3. The van der Waals surface area contributed by atoms with Crippen LogP contribution in [0.2, 0.25) is 0 Å². The molecule has 6 heteroatoms. The molecular weight excluding hydrogens is 379 g/mol. The lowest BCUT2D eigenvalue weighted by Gasteiger charge is -2.36. The molecule has 1 fully saturated rings. The van der Waals surface area contributed by atoms with Crippen LogP contribution >= 0.6 is 0 Å². The molecule has 0 unspecified atom stereocenters. The molecule has 0 bridgehead atoms. The first-order valence-electron chi connectivity index (χ1n) is 10.9. The molecule has 2 aliphatic heterocycles. The summed E-state index contributed by atoms with van der Waals surface area (Å²) < 4.78 is 19.8. The molecule has 0 saturated carbocycles. The lowest BCUT2D eigenvalue weighted by Crippen LogP contribution is -2.47. The fourth-order valence-corrected chi connectivity index (χ4v) is 4.80. The van der Waals surface area contributed by atoms with Gasteiger partial charge in [0.2, 0.25) is 0 Å². The highest BCUT2D eigenvalue weighted by atomic mass is 19.1. The van der Waals surface area contributed by atoms with Crippen LogP contribution in [0, 0.1) is 5.82 Å². The summed E-state index contributed by atoms with van der Waals surface area (Å²) in [5.74, 6) is 0.819. The van der Waals surface area contributed by atoms with Crippen molar-refractivity contribution in [2.24, 2.45) is 0 Å². The summed E-state index contributed by atoms with van der Waals surface area (Å²) in [7, 11) is 0. The van der Waals surface area contributed by atoms with Gasteiger partial charge in [0.25, 0.3) is 0 Å². The normalized spacial score (nSPS) is 19.0. The van der Waals surface area contributed by atoms with Crippen molar-refractivity contribution in [1.82, 2.24) is 10.1 Å². The number of piperazine rings is 1. The van der Waals surface area contributed by atoms with Crippen molar-refractivity contribution in [3.05, 3.63) is 53.3 Å². The largest absolute Gasteiger partial charge is 0.385 e. The van der Waals surface area contributed by atoms with Gasteiger partial charge in [-0.15, -0.1) is 0 Å². The second kappa shape index (κ2) is 7.58. The summed E-state index contributed by atoms with van der Waals surface area (Å²) >= 11 is 0. The first kappa shape index (κ1) is 19.4. The van der Waals surface area contributed by atoms with E-state index in [4.69, 9.17) is 4.52 Å². The van der Waals surface area contributed by atoms with E-state index in [2.05, 4.69) is 40.2 Å². The third kappa shape index (κ3) is 3.54. The maximum absolute atomic E-state index is 14.3. The number of hydrogen-bond donors (Lipinski definition) is 1. The SMILES string of the molecule is CC1(C)CCNc2c(CCN3CCN(c4noc5ccccc45)CC3)cc(F)cc21. The molecule has 0 amide bonds. The van der Waals surface area contributed by atoms with Crippen molar-refractivity contribution >= 4 is 22.5 Å². The van der Waals surface area contributed by atoms with Gasteiger partial charge in [-0.1, -0.05) is 31.1 Å². The molecule has 2 aromatic carbocycles. The Morgan fingerprint density at radius 2 is 1.93 bits per heavy atom. The molecule has 5 nitrogen and oxygen atoms in total. The first-order chi connectivity index (χ1) is 14.5. The molecule has 2 aliphatic rings. The molecule has 0 aliphatic carbocycles. The van der Waals surface area contributed by atoms with E-state index < -0.39 is 0 Å². The Labute approximate surface area is 176 Å². The predicted molar refractivity (Wildman–Crippen MR) is 119 cm³/mol. The summed E-state index contributed by atoms with van der Waals surface area (Å²) in [5.41, 5.74) is 4.22. The number of rotatable bonds is 4. The zero-order chi connectivity index (χ0) is 20.7. The predicted octanol–water partition coefficient (Wildman–Crippen LogP) is 4.42. The van der Waals surface area contributed by atoms with Gasteiger partial charge in [0.05, 0.1) is 5.39 Å². The number of para-hydroxylation sites is 1. The van der Waals surface area contributed by atoms with E-state index in [1.807, 2.05) is 18.2 Å². The number of halogens is 1. The third-order valence-electron chi connectivity index (χ3n) is 6.69. The van der Waals surface area contributed by atoms with Crippen molar-refractivity contribution in [2.75, 3.05) is 49.5 Å². The molecule has 1 aromatic heterocycles. The standard InChI is InChI=1S/C24H29FN4O/c1-24(2)8-9-26-22-17(15-18(25)16-20(22)24)7-10-28-11-13-29(14-12-28)23-19-5-3-4-6-21(19)30-27-23/h3-6,15-16,26H,7-14H2,1-2H3. The molecule has 0 spiro atoms. The minimum Gasteiger partial charge on any atom is -0.385 e. The Kier molecular flexibility index (Phi) is 4.89. The van der Waals surface area contributed by atoms with Gasteiger partial charge in [0.1, 0.15) is 5.82 Å². The monoisotopic (exact) mass is 408 g/mol. The second-order valence-corrected chi connectivity index (χ2v) is 9.13. The maximum atomic E-state index is 14.3. The van der Waals surface area contributed by atoms with Crippen LogP contribution in [0.1, 0.15) is 31.4 Å².